The average molecular weight is 433 g/mol. The van der Waals surface area contributed by atoms with Crippen LogP contribution in [0.5, 0.6) is 0 Å². The lowest BCUT2D eigenvalue weighted by atomic mass is 10.1. The minimum atomic E-state index is -1.11. The minimum absolute atomic E-state index is 0.253. The topological polar surface area (TPSA) is 52.4 Å². The second-order valence-electron chi connectivity index (χ2n) is 8.95. The lowest BCUT2D eigenvalue weighted by molar-refractivity contribution is 0.0903. The van der Waals surface area contributed by atoms with E-state index in [0.29, 0.717) is 25.1 Å². The van der Waals surface area contributed by atoms with Crippen LogP contribution in [0.4, 0.5) is 5.82 Å². The van der Waals surface area contributed by atoms with Gasteiger partial charge in [0.1, 0.15) is 18.1 Å². The fraction of sp³-hybridized carbons (Fsp3) is 0.524. The van der Waals surface area contributed by atoms with Crippen LogP contribution in [0.3, 0.4) is 0 Å². The van der Waals surface area contributed by atoms with E-state index in [9.17, 15) is 0 Å². The van der Waals surface area contributed by atoms with Crippen LogP contribution in [0, 0.1) is 0 Å². The monoisotopic (exact) mass is 432 g/mol. The van der Waals surface area contributed by atoms with E-state index in [1.54, 1.807) is 6.20 Å². The van der Waals surface area contributed by atoms with Gasteiger partial charge in [-0.2, -0.15) is 0 Å². The molecule has 0 N–H and O–H groups in total. The number of ether oxygens (including phenoxy) is 2. The number of morpholine rings is 1. The number of pyridine rings is 2. The SMILES string of the molecule is C[C@@H]1COCCN1c1nc2c(Cl)nccc2c2c1ccn2COCC[Si](C)(C)C. The second kappa shape index (κ2) is 8.22. The van der Waals surface area contributed by atoms with Gasteiger partial charge in [0, 0.05) is 44.4 Å². The van der Waals surface area contributed by atoms with Gasteiger partial charge in [-0.3, -0.25) is 0 Å². The van der Waals surface area contributed by atoms with Gasteiger partial charge >= 0.3 is 0 Å². The summed E-state index contributed by atoms with van der Waals surface area (Å²) in [6.45, 7) is 12.8. The van der Waals surface area contributed by atoms with Crippen LogP contribution in [0.15, 0.2) is 24.5 Å². The molecule has 29 heavy (non-hydrogen) atoms. The molecule has 1 fully saturated rings. The third-order valence-corrected chi connectivity index (χ3v) is 7.40. The van der Waals surface area contributed by atoms with Gasteiger partial charge in [0.15, 0.2) is 5.15 Å². The summed E-state index contributed by atoms with van der Waals surface area (Å²) in [4.78, 5) is 11.5. The predicted molar refractivity (Wildman–Crippen MR) is 122 cm³/mol. The van der Waals surface area contributed by atoms with E-state index in [1.807, 2.05) is 6.07 Å². The highest BCUT2D eigenvalue weighted by Crippen LogP contribution is 2.35. The minimum Gasteiger partial charge on any atom is -0.377 e. The summed E-state index contributed by atoms with van der Waals surface area (Å²) in [5.74, 6) is 0.944. The van der Waals surface area contributed by atoms with E-state index in [1.165, 1.54) is 0 Å². The first-order valence-corrected chi connectivity index (χ1v) is 14.3. The summed E-state index contributed by atoms with van der Waals surface area (Å²) in [7, 11) is -1.11. The Hall–Kier alpha value is -1.67. The molecule has 4 heterocycles. The molecular formula is C21H29ClN4O2Si. The van der Waals surface area contributed by atoms with Gasteiger partial charge in [-0.15, -0.1) is 0 Å². The van der Waals surface area contributed by atoms with E-state index in [2.05, 4.69) is 53.3 Å². The van der Waals surface area contributed by atoms with Crippen LogP contribution < -0.4 is 4.90 Å². The first kappa shape index (κ1) is 20.6. The fourth-order valence-corrected chi connectivity index (χ4v) is 4.71. The summed E-state index contributed by atoms with van der Waals surface area (Å²) in [6.07, 6.45) is 3.83. The van der Waals surface area contributed by atoms with E-state index in [4.69, 9.17) is 26.1 Å². The Bertz CT molecular complexity index is 1020. The van der Waals surface area contributed by atoms with Crippen LogP contribution in [-0.2, 0) is 16.2 Å². The summed E-state index contributed by atoms with van der Waals surface area (Å²) < 4.78 is 13.8. The van der Waals surface area contributed by atoms with Crippen molar-refractivity contribution in [3.8, 4) is 0 Å². The Morgan fingerprint density at radius 3 is 2.86 bits per heavy atom. The van der Waals surface area contributed by atoms with Crippen LogP contribution in [0.25, 0.3) is 21.8 Å². The number of anilines is 1. The number of rotatable bonds is 6. The highest BCUT2D eigenvalue weighted by atomic mass is 35.5. The molecule has 0 amide bonds. The molecule has 0 aliphatic carbocycles. The Morgan fingerprint density at radius 1 is 1.28 bits per heavy atom. The number of aromatic nitrogens is 3. The molecule has 4 rings (SSSR count). The highest BCUT2D eigenvalue weighted by molar-refractivity contribution is 6.76. The van der Waals surface area contributed by atoms with Crippen molar-refractivity contribution < 1.29 is 9.47 Å². The maximum absolute atomic E-state index is 6.45. The van der Waals surface area contributed by atoms with Gasteiger partial charge in [0.25, 0.3) is 0 Å². The molecule has 0 unspecified atom stereocenters. The molecule has 3 aromatic rings. The molecule has 1 saturated heterocycles. The number of halogens is 1. The molecule has 0 radical (unpaired) electrons. The van der Waals surface area contributed by atoms with Gasteiger partial charge in [-0.25, -0.2) is 9.97 Å². The third kappa shape index (κ3) is 4.28. The molecule has 3 aromatic heterocycles. The standard InChI is InChI=1S/C21H29ClN4O2Si/c1-15-13-27-10-9-26(15)21-17-6-8-25(14-28-11-12-29(2,3)4)19(17)16-5-7-23-20(22)18(16)24-21/h5-8,15H,9-14H2,1-4H3/t15-/m1/s1. The Kier molecular flexibility index (Phi) is 5.84. The molecule has 0 spiro atoms. The van der Waals surface area contributed by atoms with Crippen LogP contribution >= 0.6 is 11.6 Å². The quantitative estimate of drug-likeness (QED) is 0.319. The summed E-state index contributed by atoms with van der Waals surface area (Å²) in [5.41, 5.74) is 1.83. The van der Waals surface area contributed by atoms with Crippen molar-refractivity contribution >= 4 is 47.3 Å². The van der Waals surface area contributed by atoms with E-state index in [-0.39, 0.29) is 6.04 Å². The summed E-state index contributed by atoms with van der Waals surface area (Å²) in [5, 5.41) is 2.55. The Balaban J connectivity index is 1.76. The Morgan fingerprint density at radius 2 is 2.10 bits per heavy atom. The molecule has 8 heteroatoms. The fourth-order valence-electron chi connectivity index (χ4n) is 3.75. The number of hydrogen-bond donors (Lipinski definition) is 0. The largest absolute Gasteiger partial charge is 0.377 e. The van der Waals surface area contributed by atoms with E-state index < -0.39 is 8.07 Å². The number of fused-ring (bicyclic) bond motifs is 3. The Labute approximate surface area is 177 Å². The van der Waals surface area contributed by atoms with Crippen molar-refractivity contribution in [2.24, 2.45) is 0 Å². The first-order chi connectivity index (χ1) is 13.8. The maximum atomic E-state index is 6.45. The van der Waals surface area contributed by atoms with Crippen LogP contribution in [0.1, 0.15) is 6.92 Å². The van der Waals surface area contributed by atoms with Crippen molar-refractivity contribution in [2.45, 2.75) is 45.4 Å². The van der Waals surface area contributed by atoms with Crippen molar-refractivity contribution in [2.75, 3.05) is 31.3 Å². The molecular weight excluding hydrogens is 404 g/mol. The maximum Gasteiger partial charge on any atom is 0.155 e. The summed E-state index contributed by atoms with van der Waals surface area (Å²) in [6, 6.07) is 5.53. The average Bonchev–Trinajstić information content (AvgIpc) is 3.09. The number of nitrogens with zero attached hydrogens (tertiary/aromatic N) is 4. The zero-order valence-corrected chi connectivity index (χ0v) is 19.4. The molecule has 1 atom stereocenters. The van der Waals surface area contributed by atoms with E-state index in [0.717, 1.165) is 46.8 Å². The lowest BCUT2D eigenvalue weighted by Gasteiger charge is -2.35. The van der Waals surface area contributed by atoms with Crippen LogP contribution in [0.2, 0.25) is 30.8 Å². The first-order valence-electron chi connectivity index (χ1n) is 10.2. The molecule has 1 aliphatic heterocycles. The van der Waals surface area contributed by atoms with E-state index >= 15 is 0 Å². The molecule has 6 nitrogen and oxygen atoms in total. The molecule has 156 valence electrons. The number of hydrogen-bond acceptors (Lipinski definition) is 5. The normalized spacial score (nSPS) is 18.1. The lowest BCUT2D eigenvalue weighted by Crippen LogP contribution is -2.44. The zero-order chi connectivity index (χ0) is 20.6. The van der Waals surface area contributed by atoms with Crippen LogP contribution in [-0.4, -0.2) is 55.0 Å². The van der Waals surface area contributed by atoms with Gasteiger partial charge in [0.05, 0.1) is 24.8 Å². The zero-order valence-electron chi connectivity index (χ0n) is 17.6. The van der Waals surface area contributed by atoms with Gasteiger partial charge in [-0.05, 0) is 25.1 Å². The van der Waals surface area contributed by atoms with Crippen molar-refractivity contribution in [1.82, 2.24) is 14.5 Å². The smallest absolute Gasteiger partial charge is 0.155 e. The van der Waals surface area contributed by atoms with Gasteiger partial charge in [-0.1, -0.05) is 31.2 Å². The summed E-state index contributed by atoms with van der Waals surface area (Å²) >= 11 is 6.45. The van der Waals surface area contributed by atoms with Crippen molar-refractivity contribution in [3.05, 3.63) is 29.7 Å². The van der Waals surface area contributed by atoms with Gasteiger partial charge < -0.3 is 18.9 Å². The highest BCUT2D eigenvalue weighted by Gasteiger charge is 2.25. The molecule has 0 bridgehead atoms. The third-order valence-electron chi connectivity index (χ3n) is 5.42. The van der Waals surface area contributed by atoms with Gasteiger partial charge in [0.2, 0.25) is 0 Å². The predicted octanol–water partition coefficient (Wildman–Crippen LogP) is 4.78. The molecule has 1 aliphatic rings. The molecule has 0 saturated carbocycles. The van der Waals surface area contributed by atoms with Crippen molar-refractivity contribution in [1.29, 1.82) is 0 Å². The van der Waals surface area contributed by atoms with Crippen molar-refractivity contribution in [3.63, 3.8) is 0 Å². The molecule has 0 aromatic carbocycles. The second-order valence-corrected chi connectivity index (χ2v) is 14.9.